The third-order valence-corrected chi connectivity index (χ3v) is 4.48. The number of hydrogen-bond donors (Lipinski definition) is 1. The molecule has 1 aromatic carbocycles. The van der Waals surface area contributed by atoms with Crippen LogP contribution in [0.2, 0.25) is 0 Å². The van der Waals surface area contributed by atoms with E-state index in [2.05, 4.69) is 31.1 Å². The van der Waals surface area contributed by atoms with Crippen molar-refractivity contribution >= 4 is 28.6 Å². The Kier molecular flexibility index (Phi) is 3.24. The van der Waals surface area contributed by atoms with Crippen LogP contribution in [0, 0.1) is 0 Å². The number of hydrogen-bond acceptors (Lipinski definition) is 4. The Bertz CT molecular complexity index is 700. The van der Waals surface area contributed by atoms with Crippen LogP contribution < -0.4 is 10.6 Å². The Labute approximate surface area is 128 Å². The van der Waals surface area contributed by atoms with Gasteiger partial charge >= 0.3 is 0 Å². The maximum absolute atomic E-state index is 12.2. The molecule has 110 valence electrons. The molecule has 0 saturated carbocycles. The molecule has 21 heavy (non-hydrogen) atoms. The zero-order valence-electron chi connectivity index (χ0n) is 12.5. The summed E-state index contributed by atoms with van der Waals surface area (Å²) in [5.74, 6) is 0.114. The molecular weight excluding hydrogens is 282 g/mol. The van der Waals surface area contributed by atoms with Crippen LogP contribution in [0.5, 0.6) is 0 Å². The smallest absolute Gasteiger partial charge is 0.231 e. The summed E-state index contributed by atoms with van der Waals surface area (Å²) >= 11 is 1.61. The average molecular weight is 301 g/mol. The first kappa shape index (κ1) is 14.1. The highest BCUT2D eigenvalue weighted by molar-refractivity contribution is 7.09. The number of nitrogen functional groups attached to an aromatic ring is 1. The Hall–Kier alpha value is -1.88. The second-order valence-electron chi connectivity index (χ2n) is 6.42. The van der Waals surface area contributed by atoms with Gasteiger partial charge in [0.15, 0.2) is 0 Å². The molecule has 0 unspecified atom stereocenters. The van der Waals surface area contributed by atoms with Crippen molar-refractivity contribution < 1.29 is 4.79 Å². The number of carbonyl (C=O) groups is 1. The van der Waals surface area contributed by atoms with Gasteiger partial charge in [-0.2, -0.15) is 0 Å². The molecule has 2 N–H and O–H groups in total. The molecule has 0 saturated heterocycles. The first-order valence-electron chi connectivity index (χ1n) is 6.98. The van der Waals surface area contributed by atoms with Crippen LogP contribution in [-0.4, -0.2) is 10.9 Å². The highest BCUT2D eigenvalue weighted by Gasteiger charge is 2.28. The van der Waals surface area contributed by atoms with E-state index in [1.165, 1.54) is 0 Å². The van der Waals surface area contributed by atoms with Crippen molar-refractivity contribution in [2.24, 2.45) is 0 Å². The van der Waals surface area contributed by atoms with Crippen molar-refractivity contribution in [2.45, 2.75) is 39.2 Å². The number of nitrogens with two attached hydrogens (primary N) is 1. The number of thiazole rings is 1. The summed E-state index contributed by atoms with van der Waals surface area (Å²) in [5.41, 5.74) is 9.57. The molecule has 2 heterocycles. The van der Waals surface area contributed by atoms with Crippen LogP contribution in [0.15, 0.2) is 23.6 Å². The zero-order chi connectivity index (χ0) is 15.2. The zero-order valence-corrected chi connectivity index (χ0v) is 13.3. The third kappa shape index (κ3) is 2.65. The molecule has 0 atom stereocenters. The summed E-state index contributed by atoms with van der Waals surface area (Å²) in [4.78, 5) is 18.7. The lowest BCUT2D eigenvalue weighted by Gasteiger charge is -2.17. The van der Waals surface area contributed by atoms with Crippen molar-refractivity contribution in [3.63, 3.8) is 0 Å². The lowest BCUT2D eigenvalue weighted by Crippen LogP contribution is -2.26. The number of anilines is 2. The van der Waals surface area contributed by atoms with E-state index < -0.39 is 0 Å². The summed E-state index contributed by atoms with van der Waals surface area (Å²) in [6.45, 7) is 6.97. The van der Waals surface area contributed by atoms with Crippen LogP contribution in [0.1, 0.15) is 37.0 Å². The van der Waals surface area contributed by atoms with E-state index in [1.54, 1.807) is 16.2 Å². The Balaban J connectivity index is 1.86. The lowest BCUT2D eigenvalue weighted by atomic mass is 9.93. The number of carbonyl (C=O) groups excluding carboxylic acids is 1. The monoisotopic (exact) mass is 301 g/mol. The van der Waals surface area contributed by atoms with Crippen LogP contribution in [0.3, 0.4) is 0 Å². The standard InChI is InChI=1S/C16H19N3OS/c1-16(2,3)13-9-21-14(18-13)8-19-12-5-4-11(17)6-10(12)7-15(19)20/h4-6,9H,7-8,17H2,1-3H3. The first-order valence-corrected chi connectivity index (χ1v) is 7.86. The molecule has 0 fully saturated rings. The summed E-state index contributed by atoms with van der Waals surface area (Å²) in [6, 6.07) is 5.65. The van der Waals surface area contributed by atoms with E-state index in [9.17, 15) is 4.79 Å². The van der Waals surface area contributed by atoms with Crippen LogP contribution in [0.4, 0.5) is 11.4 Å². The minimum atomic E-state index is 0.0378. The van der Waals surface area contributed by atoms with E-state index in [0.717, 1.165) is 22.0 Å². The van der Waals surface area contributed by atoms with Crippen LogP contribution in [-0.2, 0) is 23.2 Å². The Morgan fingerprint density at radius 2 is 2.14 bits per heavy atom. The minimum Gasteiger partial charge on any atom is -0.399 e. The normalized spacial score (nSPS) is 14.6. The number of aromatic nitrogens is 1. The number of fused-ring (bicyclic) bond motifs is 1. The summed E-state index contributed by atoms with van der Waals surface area (Å²) in [6.07, 6.45) is 0.428. The van der Waals surface area contributed by atoms with Gasteiger partial charge in [0.25, 0.3) is 0 Å². The van der Waals surface area contributed by atoms with E-state index in [4.69, 9.17) is 5.73 Å². The summed E-state index contributed by atoms with van der Waals surface area (Å²) in [7, 11) is 0. The van der Waals surface area contributed by atoms with Gasteiger partial charge in [0, 0.05) is 22.2 Å². The van der Waals surface area contributed by atoms with Crippen LogP contribution >= 0.6 is 11.3 Å². The minimum absolute atomic E-state index is 0.0378. The number of amides is 1. The molecule has 1 aliphatic heterocycles. The molecule has 0 bridgehead atoms. The van der Waals surface area contributed by atoms with Gasteiger partial charge in [-0.15, -0.1) is 11.3 Å². The Morgan fingerprint density at radius 1 is 1.38 bits per heavy atom. The second kappa shape index (κ2) is 4.84. The van der Waals surface area contributed by atoms with Gasteiger partial charge in [-0.3, -0.25) is 4.79 Å². The molecule has 2 aromatic rings. The van der Waals surface area contributed by atoms with Gasteiger partial charge in [0.2, 0.25) is 5.91 Å². The molecule has 0 aliphatic carbocycles. The largest absolute Gasteiger partial charge is 0.399 e. The second-order valence-corrected chi connectivity index (χ2v) is 7.36. The highest BCUT2D eigenvalue weighted by Crippen LogP contribution is 2.33. The molecule has 1 aromatic heterocycles. The predicted molar refractivity (Wildman–Crippen MR) is 86.6 cm³/mol. The fraction of sp³-hybridized carbons (Fsp3) is 0.375. The molecule has 1 aliphatic rings. The quantitative estimate of drug-likeness (QED) is 0.867. The van der Waals surface area contributed by atoms with Crippen LogP contribution in [0.25, 0.3) is 0 Å². The van der Waals surface area contributed by atoms with Gasteiger partial charge in [0.1, 0.15) is 5.01 Å². The van der Waals surface area contributed by atoms with E-state index in [-0.39, 0.29) is 11.3 Å². The molecular formula is C16H19N3OS. The van der Waals surface area contributed by atoms with Gasteiger partial charge in [0.05, 0.1) is 18.7 Å². The van der Waals surface area contributed by atoms with Crippen molar-refractivity contribution in [3.8, 4) is 0 Å². The fourth-order valence-corrected chi connectivity index (χ4v) is 3.45. The summed E-state index contributed by atoms with van der Waals surface area (Å²) < 4.78 is 0. The van der Waals surface area contributed by atoms with E-state index >= 15 is 0 Å². The lowest BCUT2D eigenvalue weighted by molar-refractivity contribution is -0.117. The predicted octanol–water partition coefficient (Wildman–Crippen LogP) is 3.11. The number of benzene rings is 1. The average Bonchev–Trinajstić information content (AvgIpc) is 2.95. The maximum Gasteiger partial charge on any atom is 0.231 e. The third-order valence-electron chi connectivity index (χ3n) is 3.65. The van der Waals surface area contributed by atoms with Gasteiger partial charge < -0.3 is 10.6 Å². The maximum atomic E-state index is 12.2. The molecule has 0 spiro atoms. The number of rotatable bonds is 2. The van der Waals surface area contributed by atoms with Gasteiger partial charge in [-0.1, -0.05) is 20.8 Å². The van der Waals surface area contributed by atoms with Crippen molar-refractivity contribution in [3.05, 3.63) is 39.8 Å². The molecule has 5 heteroatoms. The van der Waals surface area contributed by atoms with Crippen molar-refractivity contribution in [1.82, 2.24) is 4.98 Å². The van der Waals surface area contributed by atoms with Crippen molar-refractivity contribution in [1.29, 1.82) is 0 Å². The van der Waals surface area contributed by atoms with Crippen molar-refractivity contribution in [2.75, 3.05) is 10.6 Å². The Morgan fingerprint density at radius 3 is 2.81 bits per heavy atom. The summed E-state index contributed by atoms with van der Waals surface area (Å²) in [5, 5.41) is 3.05. The fourth-order valence-electron chi connectivity index (χ4n) is 2.44. The number of nitrogens with zero attached hydrogens (tertiary/aromatic N) is 2. The molecule has 1 amide bonds. The van der Waals surface area contributed by atoms with E-state index in [0.29, 0.717) is 18.7 Å². The molecule has 3 rings (SSSR count). The SMILES string of the molecule is CC(C)(C)c1csc(CN2C(=O)Cc3cc(N)ccc32)n1. The topological polar surface area (TPSA) is 59.2 Å². The first-order chi connectivity index (χ1) is 9.84. The molecule has 0 radical (unpaired) electrons. The van der Waals surface area contributed by atoms with Gasteiger partial charge in [-0.25, -0.2) is 4.98 Å². The van der Waals surface area contributed by atoms with Gasteiger partial charge in [-0.05, 0) is 23.8 Å². The van der Waals surface area contributed by atoms with E-state index in [1.807, 2.05) is 18.2 Å². The highest BCUT2D eigenvalue weighted by atomic mass is 32.1. The molecule has 4 nitrogen and oxygen atoms in total.